The molecule has 0 atom stereocenters. The van der Waals surface area contributed by atoms with Gasteiger partial charge in [0.05, 0.1) is 17.1 Å². The van der Waals surface area contributed by atoms with Crippen molar-refractivity contribution in [1.29, 1.82) is 5.26 Å². The lowest BCUT2D eigenvalue weighted by molar-refractivity contribution is 0.104. The summed E-state index contributed by atoms with van der Waals surface area (Å²) in [7, 11) is 0. The van der Waals surface area contributed by atoms with E-state index < -0.39 is 0 Å². The van der Waals surface area contributed by atoms with Crippen molar-refractivity contribution in [3.05, 3.63) is 88.0 Å². The van der Waals surface area contributed by atoms with Crippen molar-refractivity contribution in [1.82, 2.24) is 4.40 Å². The van der Waals surface area contributed by atoms with Crippen LogP contribution in [0.25, 0.3) is 16.4 Å². The summed E-state index contributed by atoms with van der Waals surface area (Å²) in [5.74, 6) is -0.0976. The van der Waals surface area contributed by atoms with Crippen LogP contribution in [-0.2, 0) is 0 Å². The van der Waals surface area contributed by atoms with Crippen molar-refractivity contribution in [2.75, 3.05) is 0 Å². The minimum Gasteiger partial charge on any atom is -0.316 e. The smallest absolute Gasteiger partial charge is 0.195 e. The number of nitriles is 1. The SMILES string of the molecule is N#Cc1cc(C(=O)c2cccc(Br)c2)c2c(ccc3cccn32)c1. The third-order valence-electron chi connectivity index (χ3n) is 4.05. The minimum absolute atomic E-state index is 0.0976. The standard InChI is InChI=1S/C20H11BrN2O/c21-16-4-1-3-15(11-16)20(24)18-10-13(12-22)9-14-6-7-17-5-2-8-23(17)19(14)18/h1-11H. The molecular weight excluding hydrogens is 364 g/mol. The van der Waals surface area contributed by atoms with E-state index in [0.717, 1.165) is 20.9 Å². The Bertz CT molecular complexity index is 1150. The molecule has 2 aromatic carbocycles. The molecule has 0 aliphatic heterocycles. The lowest BCUT2D eigenvalue weighted by Gasteiger charge is -2.10. The van der Waals surface area contributed by atoms with Gasteiger partial charge in [-0.15, -0.1) is 0 Å². The fourth-order valence-corrected chi connectivity index (χ4v) is 3.38. The van der Waals surface area contributed by atoms with Gasteiger partial charge in [0, 0.05) is 32.7 Å². The number of pyridine rings is 1. The van der Waals surface area contributed by atoms with Crippen molar-refractivity contribution in [3.63, 3.8) is 0 Å². The largest absolute Gasteiger partial charge is 0.316 e. The van der Waals surface area contributed by atoms with Crippen LogP contribution in [0.3, 0.4) is 0 Å². The molecule has 4 aromatic rings. The molecule has 0 aliphatic rings. The normalized spacial score (nSPS) is 10.8. The number of nitrogens with zero attached hydrogens (tertiary/aromatic N) is 2. The third kappa shape index (κ3) is 2.31. The zero-order valence-electron chi connectivity index (χ0n) is 12.5. The van der Waals surface area contributed by atoms with Crippen LogP contribution in [0.2, 0.25) is 0 Å². The van der Waals surface area contributed by atoms with Gasteiger partial charge in [-0.25, -0.2) is 0 Å². The van der Waals surface area contributed by atoms with Crippen LogP contribution < -0.4 is 0 Å². The highest BCUT2D eigenvalue weighted by molar-refractivity contribution is 9.10. The monoisotopic (exact) mass is 374 g/mol. The zero-order chi connectivity index (χ0) is 16.7. The van der Waals surface area contributed by atoms with E-state index in [-0.39, 0.29) is 5.78 Å². The topological polar surface area (TPSA) is 45.3 Å². The van der Waals surface area contributed by atoms with Gasteiger partial charge in [-0.3, -0.25) is 4.79 Å². The van der Waals surface area contributed by atoms with Crippen molar-refractivity contribution in [2.24, 2.45) is 0 Å². The lowest BCUT2D eigenvalue weighted by atomic mass is 9.98. The van der Waals surface area contributed by atoms with E-state index >= 15 is 0 Å². The van der Waals surface area contributed by atoms with Gasteiger partial charge in [-0.2, -0.15) is 5.26 Å². The zero-order valence-corrected chi connectivity index (χ0v) is 14.1. The molecule has 0 aliphatic carbocycles. The minimum atomic E-state index is -0.0976. The number of hydrogen-bond donors (Lipinski definition) is 0. The summed E-state index contributed by atoms with van der Waals surface area (Å²) >= 11 is 3.40. The second-order valence-corrected chi connectivity index (χ2v) is 6.46. The lowest BCUT2D eigenvalue weighted by Crippen LogP contribution is -2.05. The summed E-state index contributed by atoms with van der Waals surface area (Å²) < 4.78 is 2.84. The van der Waals surface area contributed by atoms with Crippen LogP contribution in [-0.4, -0.2) is 10.2 Å². The molecular formula is C20H11BrN2O. The second kappa shape index (κ2) is 5.63. The van der Waals surface area contributed by atoms with Crippen LogP contribution in [0.4, 0.5) is 0 Å². The first-order chi connectivity index (χ1) is 11.7. The number of ketones is 1. The van der Waals surface area contributed by atoms with E-state index in [9.17, 15) is 10.1 Å². The van der Waals surface area contributed by atoms with E-state index in [1.807, 2.05) is 53.1 Å². The fraction of sp³-hybridized carbons (Fsp3) is 0. The molecule has 24 heavy (non-hydrogen) atoms. The predicted octanol–water partition coefficient (Wildman–Crippen LogP) is 4.96. The molecule has 0 saturated carbocycles. The molecule has 0 unspecified atom stereocenters. The molecule has 0 N–H and O–H groups in total. The van der Waals surface area contributed by atoms with Crippen molar-refractivity contribution < 1.29 is 4.79 Å². The van der Waals surface area contributed by atoms with E-state index in [2.05, 4.69) is 22.0 Å². The number of benzene rings is 2. The van der Waals surface area contributed by atoms with Gasteiger partial charge in [-0.05, 0) is 42.5 Å². The Morgan fingerprint density at radius 3 is 2.71 bits per heavy atom. The summed E-state index contributed by atoms with van der Waals surface area (Å²) in [6.07, 6.45) is 1.93. The molecule has 0 saturated heterocycles. The summed E-state index contributed by atoms with van der Waals surface area (Å²) in [6, 6.07) is 20.8. The number of hydrogen-bond acceptors (Lipinski definition) is 2. The first kappa shape index (κ1) is 14.7. The van der Waals surface area contributed by atoms with E-state index in [4.69, 9.17) is 0 Å². The van der Waals surface area contributed by atoms with Crippen LogP contribution in [0.1, 0.15) is 21.5 Å². The van der Waals surface area contributed by atoms with Crippen LogP contribution in [0.15, 0.2) is 71.3 Å². The van der Waals surface area contributed by atoms with Crippen LogP contribution in [0, 0.1) is 11.3 Å². The maximum Gasteiger partial charge on any atom is 0.195 e. The molecule has 2 aromatic heterocycles. The average Bonchev–Trinajstić information content (AvgIpc) is 3.08. The Hall–Kier alpha value is -2.90. The van der Waals surface area contributed by atoms with E-state index in [0.29, 0.717) is 16.7 Å². The summed E-state index contributed by atoms with van der Waals surface area (Å²) in [4.78, 5) is 13.1. The second-order valence-electron chi connectivity index (χ2n) is 5.55. The van der Waals surface area contributed by atoms with E-state index in [1.54, 1.807) is 18.2 Å². The molecule has 0 spiro atoms. The van der Waals surface area contributed by atoms with Crippen LogP contribution >= 0.6 is 15.9 Å². The fourth-order valence-electron chi connectivity index (χ4n) is 2.98. The first-order valence-electron chi connectivity index (χ1n) is 7.41. The molecule has 0 fully saturated rings. The van der Waals surface area contributed by atoms with Crippen molar-refractivity contribution in [2.45, 2.75) is 0 Å². The summed E-state index contributed by atoms with van der Waals surface area (Å²) in [6.45, 7) is 0. The number of aromatic nitrogens is 1. The molecule has 4 rings (SSSR count). The average molecular weight is 375 g/mol. The van der Waals surface area contributed by atoms with Gasteiger partial charge >= 0.3 is 0 Å². The molecule has 2 heterocycles. The first-order valence-corrected chi connectivity index (χ1v) is 8.21. The highest BCUT2D eigenvalue weighted by Gasteiger charge is 2.16. The number of fused-ring (bicyclic) bond motifs is 3. The highest BCUT2D eigenvalue weighted by Crippen LogP contribution is 2.26. The molecule has 114 valence electrons. The molecule has 0 bridgehead atoms. The van der Waals surface area contributed by atoms with Gasteiger partial charge in [-0.1, -0.05) is 34.1 Å². The number of rotatable bonds is 2. The van der Waals surface area contributed by atoms with Gasteiger partial charge < -0.3 is 4.40 Å². The summed E-state index contributed by atoms with van der Waals surface area (Å²) in [5.41, 5.74) is 3.43. The Labute approximate surface area is 146 Å². The van der Waals surface area contributed by atoms with E-state index in [1.165, 1.54) is 0 Å². The Balaban J connectivity index is 2.07. The van der Waals surface area contributed by atoms with Crippen molar-refractivity contribution in [3.8, 4) is 6.07 Å². The Morgan fingerprint density at radius 2 is 1.92 bits per heavy atom. The van der Waals surface area contributed by atoms with Crippen molar-refractivity contribution >= 4 is 38.1 Å². The van der Waals surface area contributed by atoms with Gasteiger partial charge in [0.2, 0.25) is 0 Å². The quantitative estimate of drug-likeness (QED) is 0.465. The van der Waals surface area contributed by atoms with Crippen LogP contribution in [0.5, 0.6) is 0 Å². The molecule has 4 heteroatoms. The maximum atomic E-state index is 13.1. The number of carbonyl (C=O) groups is 1. The number of halogens is 1. The predicted molar refractivity (Wildman–Crippen MR) is 97.2 cm³/mol. The Morgan fingerprint density at radius 1 is 1.04 bits per heavy atom. The van der Waals surface area contributed by atoms with Gasteiger partial charge in [0.25, 0.3) is 0 Å². The summed E-state index contributed by atoms with van der Waals surface area (Å²) in [5, 5.41) is 10.2. The Kier molecular flexibility index (Phi) is 3.44. The molecule has 0 amide bonds. The van der Waals surface area contributed by atoms with Gasteiger partial charge in [0.15, 0.2) is 5.78 Å². The number of carbonyl (C=O) groups excluding carboxylic acids is 1. The molecule has 3 nitrogen and oxygen atoms in total. The molecule has 0 radical (unpaired) electrons. The third-order valence-corrected chi connectivity index (χ3v) is 4.55. The highest BCUT2D eigenvalue weighted by atomic mass is 79.9. The van der Waals surface area contributed by atoms with Gasteiger partial charge in [0.1, 0.15) is 0 Å². The maximum absolute atomic E-state index is 13.1.